The molecule has 0 aliphatic heterocycles. The molecule has 0 radical (unpaired) electrons. The summed E-state index contributed by atoms with van der Waals surface area (Å²) in [6.45, 7) is 5.99. The number of aromatic nitrogens is 2. The van der Waals surface area contributed by atoms with Gasteiger partial charge in [-0.25, -0.2) is 14.8 Å². The van der Waals surface area contributed by atoms with Gasteiger partial charge in [-0.2, -0.15) is 0 Å². The molecule has 0 bridgehead atoms. The summed E-state index contributed by atoms with van der Waals surface area (Å²) >= 11 is 0. The molecular weight excluding hydrogens is 216 g/mol. The summed E-state index contributed by atoms with van der Waals surface area (Å²) in [7, 11) is 0. The van der Waals surface area contributed by atoms with Gasteiger partial charge in [-0.05, 0) is 6.07 Å². The molecule has 0 aliphatic rings. The molecular formula is C13H14N2O2. The van der Waals surface area contributed by atoms with Crippen molar-refractivity contribution in [3.8, 4) is 0 Å². The molecule has 0 fully saturated rings. The number of hydrogen-bond acceptors (Lipinski definition) is 3. The number of carboxylic acids is 1. The number of fused-ring (bicyclic) bond motifs is 1. The predicted molar refractivity (Wildman–Crippen MR) is 65.2 cm³/mol. The summed E-state index contributed by atoms with van der Waals surface area (Å²) in [5.74, 6) is -0.312. The molecule has 0 unspecified atom stereocenters. The van der Waals surface area contributed by atoms with Gasteiger partial charge in [0.15, 0.2) is 0 Å². The van der Waals surface area contributed by atoms with E-state index < -0.39 is 5.97 Å². The van der Waals surface area contributed by atoms with Gasteiger partial charge in [-0.3, -0.25) is 0 Å². The molecule has 17 heavy (non-hydrogen) atoms. The average Bonchev–Trinajstić information content (AvgIpc) is 2.26. The molecule has 88 valence electrons. The van der Waals surface area contributed by atoms with Crippen molar-refractivity contribution in [3.05, 3.63) is 35.8 Å². The molecule has 0 aliphatic carbocycles. The Labute approximate surface area is 99.3 Å². The third-order valence-electron chi connectivity index (χ3n) is 2.51. The van der Waals surface area contributed by atoms with Crippen LogP contribution in [0.2, 0.25) is 0 Å². The lowest BCUT2D eigenvalue weighted by Crippen LogP contribution is -2.16. The fourth-order valence-corrected chi connectivity index (χ4v) is 1.59. The van der Waals surface area contributed by atoms with E-state index in [2.05, 4.69) is 9.97 Å². The molecule has 4 nitrogen and oxygen atoms in total. The molecule has 4 heteroatoms. The lowest BCUT2D eigenvalue weighted by atomic mass is 9.95. The maximum Gasteiger partial charge on any atom is 0.337 e. The van der Waals surface area contributed by atoms with Crippen LogP contribution in [0.5, 0.6) is 0 Å². The van der Waals surface area contributed by atoms with Gasteiger partial charge >= 0.3 is 5.97 Å². The van der Waals surface area contributed by atoms with Crippen LogP contribution >= 0.6 is 0 Å². The second kappa shape index (κ2) is 3.80. The van der Waals surface area contributed by atoms with Crippen molar-refractivity contribution < 1.29 is 9.90 Å². The number of para-hydroxylation sites is 1. The normalized spacial score (nSPS) is 11.7. The van der Waals surface area contributed by atoms with E-state index >= 15 is 0 Å². The zero-order valence-electron chi connectivity index (χ0n) is 10.1. The summed E-state index contributed by atoms with van der Waals surface area (Å²) in [5.41, 5.74) is 0.523. The molecule has 1 heterocycles. The molecule has 0 spiro atoms. The first-order valence-electron chi connectivity index (χ1n) is 5.39. The minimum absolute atomic E-state index is 0.195. The average molecular weight is 230 g/mol. The maximum atomic E-state index is 11.1. The van der Waals surface area contributed by atoms with Gasteiger partial charge in [-0.15, -0.1) is 0 Å². The van der Waals surface area contributed by atoms with E-state index in [0.717, 1.165) is 5.39 Å². The molecule has 1 aromatic heterocycles. The van der Waals surface area contributed by atoms with Crippen molar-refractivity contribution in [2.24, 2.45) is 0 Å². The molecule has 2 rings (SSSR count). The number of carbonyl (C=O) groups is 1. The van der Waals surface area contributed by atoms with Gasteiger partial charge in [0, 0.05) is 17.0 Å². The third-order valence-corrected chi connectivity index (χ3v) is 2.51. The van der Waals surface area contributed by atoms with Crippen LogP contribution in [-0.4, -0.2) is 21.0 Å². The van der Waals surface area contributed by atoms with Crippen molar-refractivity contribution in [3.63, 3.8) is 0 Å². The Bertz CT molecular complexity index is 585. The highest BCUT2D eigenvalue weighted by atomic mass is 16.4. The largest absolute Gasteiger partial charge is 0.478 e. The van der Waals surface area contributed by atoms with Crippen molar-refractivity contribution in [1.82, 2.24) is 9.97 Å². The molecule has 2 aromatic rings. The Balaban J connectivity index is 2.75. The van der Waals surface area contributed by atoms with Gasteiger partial charge in [0.1, 0.15) is 5.82 Å². The van der Waals surface area contributed by atoms with E-state index in [0.29, 0.717) is 11.3 Å². The van der Waals surface area contributed by atoms with Crippen LogP contribution in [0.15, 0.2) is 24.4 Å². The van der Waals surface area contributed by atoms with Gasteiger partial charge in [-0.1, -0.05) is 32.9 Å². The van der Waals surface area contributed by atoms with Crippen LogP contribution in [0.3, 0.4) is 0 Å². The van der Waals surface area contributed by atoms with Crippen LogP contribution in [0, 0.1) is 0 Å². The highest BCUT2D eigenvalue weighted by Crippen LogP contribution is 2.22. The number of nitrogens with zero attached hydrogens (tertiary/aromatic N) is 2. The summed E-state index contributed by atoms with van der Waals surface area (Å²) in [6.07, 6.45) is 1.68. The Morgan fingerprint density at radius 1 is 1.29 bits per heavy atom. The summed E-state index contributed by atoms with van der Waals surface area (Å²) < 4.78 is 0. The Kier molecular flexibility index (Phi) is 2.58. The number of benzene rings is 1. The molecule has 0 amide bonds. The van der Waals surface area contributed by atoms with Crippen molar-refractivity contribution in [2.75, 3.05) is 0 Å². The number of rotatable bonds is 1. The zero-order chi connectivity index (χ0) is 12.6. The third kappa shape index (κ3) is 2.11. The smallest absolute Gasteiger partial charge is 0.337 e. The van der Waals surface area contributed by atoms with Crippen LogP contribution < -0.4 is 0 Å². The van der Waals surface area contributed by atoms with E-state index in [1.165, 1.54) is 0 Å². The van der Waals surface area contributed by atoms with Gasteiger partial charge in [0.05, 0.1) is 11.1 Å². The predicted octanol–water partition coefficient (Wildman–Crippen LogP) is 2.63. The fraction of sp³-hybridized carbons (Fsp3) is 0.308. The quantitative estimate of drug-likeness (QED) is 0.818. The number of hydrogen-bond donors (Lipinski definition) is 1. The van der Waals surface area contributed by atoms with E-state index in [1.54, 1.807) is 18.3 Å². The summed E-state index contributed by atoms with van der Waals surface area (Å²) in [4.78, 5) is 19.8. The highest BCUT2D eigenvalue weighted by molar-refractivity contribution is 6.01. The van der Waals surface area contributed by atoms with Crippen molar-refractivity contribution in [2.45, 2.75) is 26.2 Å². The van der Waals surface area contributed by atoms with E-state index in [4.69, 9.17) is 5.11 Å². The van der Waals surface area contributed by atoms with Crippen LogP contribution in [0.25, 0.3) is 10.9 Å². The Hall–Kier alpha value is -1.97. The first-order chi connectivity index (χ1) is 7.89. The van der Waals surface area contributed by atoms with Crippen LogP contribution in [0.4, 0.5) is 0 Å². The summed E-state index contributed by atoms with van der Waals surface area (Å²) in [6, 6.07) is 5.07. The van der Waals surface area contributed by atoms with Gasteiger partial charge in [0.25, 0.3) is 0 Å². The standard InChI is InChI=1S/C13H14N2O2/c1-13(2,3)12-14-7-8-5-4-6-9(11(16)17)10(8)15-12/h4-7H,1-3H3,(H,16,17). The van der Waals surface area contributed by atoms with Gasteiger partial charge in [0.2, 0.25) is 0 Å². The SMILES string of the molecule is CC(C)(C)c1ncc2cccc(C(=O)O)c2n1. The van der Waals surface area contributed by atoms with Crippen molar-refractivity contribution in [1.29, 1.82) is 0 Å². The minimum Gasteiger partial charge on any atom is -0.478 e. The zero-order valence-corrected chi connectivity index (χ0v) is 10.1. The molecule has 1 N–H and O–H groups in total. The minimum atomic E-state index is -0.964. The number of carboxylic acid groups (broad SMARTS) is 1. The van der Waals surface area contributed by atoms with E-state index in [9.17, 15) is 4.79 Å². The topological polar surface area (TPSA) is 63.1 Å². The molecule has 1 aromatic carbocycles. The fourth-order valence-electron chi connectivity index (χ4n) is 1.59. The summed E-state index contributed by atoms with van der Waals surface area (Å²) in [5, 5.41) is 9.86. The lowest BCUT2D eigenvalue weighted by molar-refractivity contribution is 0.0699. The second-order valence-corrected chi connectivity index (χ2v) is 4.99. The number of aromatic carboxylic acids is 1. The van der Waals surface area contributed by atoms with E-state index in [1.807, 2.05) is 26.8 Å². The molecule has 0 saturated carbocycles. The van der Waals surface area contributed by atoms with Gasteiger partial charge < -0.3 is 5.11 Å². The van der Waals surface area contributed by atoms with Crippen molar-refractivity contribution >= 4 is 16.9 Å². The molecule has 0 atom stereocenters. The van der Waals surface area contributed by atoms with E-state index in [-0.39, 0.29) is 11.0 Å². The first kappa shape index (κ1) is 11.5. The highest BCUT2D eigenvalue weighted by Gasteiger charge is 2.19. The maximum absolute atomic E-state index is 11.1. The first-order valence-corrected chi connectivity index (χ1v) is 5.39. The monoisotopic (exact) mass is 230 g/mol. The van der Waals surface area contributed by atoms with Crippen LogP contribution in [-0.2, 0) is 5.41 Å². The Morgan fingerprint density at radius 2 is 2.00 bits per heavy atom. The Morgan fingerprint density at radius 3 is 2.59 bits per heavy atom. The molecule has 0 saturated heterocycles. The second-order valence-electron chi connectivity index (χ2n) is 4.99. The lowest BCUT2D eigenvalue weighted by Gasteiger charge is -2.16. The van der Waals surface area contributed by atoms with Crippen LogP contribution in [0.1, 0.15) is 37.0 Å².